The Hall–Kier alpha value is -1.40. The first kappa shape index (κ1) is 14.5. The first-order valence-electron chi connectivity index (χ1n) is 7.22. The Bertz CT molecular complexity index is 583. The lowest BCUT2D eigenvalue weighted by molar-refractivity contribution is 0.747. The van der Waals surface area contributed by atoms with Crippen molar-refractivity contribution in [3.05, 3.63) is 27.7 Å². The molecule has 7 heteroatoms. The van der Waals surface area contributed by atoms with Crippen LogP contribution in [0.2, 0.25) is 5.28 Å². The van der Waals surface area contributed by atoms with Gasteiger partial charge in [0.25, 0.3) is 0 Å². The van der Waals surface area contributed by atoms with Gasteiger partial charge in [0.2, 0.25) is 17.2 Å². The zero-order valence-corrected chi connectivity index (χ0v) is 13.5. The van der Waals surface area contributed by atoms with Gasteiger partial charge in [-0.1, -0.05) is 13.0 Å². The predicted octanol–water partition coefficient (Wildman–Crippen LogP) is 3.75. The Morgan fingerprint density at radius 3 is 2.81 bits per heavy atom. The van der Waals surface area contributed by atoms with Crippen LogP contribution in [0.15, 0.2) is 17.5 Å². The average Bonchev–Trinajstić information content (AvgIpc) is 3.16. The minimum Gasteiger partial charge on any atom is -0.346 e. The van der Waals surface area contributed by atoms with Crippen molar-refractivity contribution in [1.82, 2.24) is 15.0 Å². The van der Waals surface area contributed by atoms with Crippen LogP contribution in [0.5, 0.6) is 0 Å². The summed E-state index contributed by atoms with van der Waals surface area (Å²) in [5, 5.41) is 5.70. The Balaban J connectivity index is 1.81. The van der Waals surface area contributed by atoms with Gasteiger partial charge in [0.1, 0.15) is 0 Å². The molecule has 1 atom stereocenters. The van der Waals surface area contributed by atoms with Crippen LogP contribution in [-0.4, -0.2) is 28.0 Å². The molecule has 2 aromatic rings. The maximum atomic E-state index is 6.05. The van der Waals surface area contributed by atoms with Crippen LogP contribution < -0.4 is 10.2 Å². The van der Waals surface area contributed by atoms with Crippen molar-refractivity contribution in [2.75, 3.05) is 23.3 Å². The summed E-state index contributed by atoms with van der Waals surface area (Å²) >= 11 is 7.79. The molecule has 0 bridgehead atoms. The number of thiophene rings is 1. The second-order valence-electron chi connectivity index (χ2n) is 5.04. The monoisotopic (exact) mass is 323 g/mol. The molecule has 0 aromatic carbocycles. The van der Waals surface area contributed by atoms with Crippen LogP contribution in [0.3, 0.4) is 0 Å². The van der Waals surface area contributed by atoms with Gasteiger partial charge in [-0.15, -0.1) is 11.3 Å². The van der Waals surface area contributed by atoms with Crippen molar-refractivity contribution in [1.29, 1.82) is 0 Å². The van der Waals surface area contributed by atoms with Crippen LogP contribution in [0, 0.1) is 0 Å². The van der Waals surface area contributed by atoms with Gasteiger partial charge in [-0.25, -0.2) is 0 Å². The fraction of sp³-hybridized carbons (Fsp3) is 0.500. The normalized spacial score (nSPS) is 16.2. The number of halogens is 1. The Kier molecular flexibility index (Phi) is 4.55. The average molecular weight is 324 g/mol. The van der Waals surface area contributed by atoms with E-state index in [-0.39, 0.29) is 11.3 Å². The first-order valence-corrected chi connectivity index (χ1v) is 8.48. The molecule has 0 amide bonds. The van der Waals surface area contributed by atoms with Crippen LogP contribution >= 0.6 is 22.9 Å². The quantitative estimate of drug-likeness (QED) is 0.908. The van der Waals surface area contributed by atoms with E-state index in [1.54, 1.807) is 11.3 Å². The van der Waals surface area contributed by atoms with E-state index in [0.29, 0.717) is 11.9 Å². The van der Waals surface area contributed by atoms with Gasteiger partial charge in [0.05, 0.1) is 6.04 Å². The summed E-state index contributed by atoms with van der Waals surface area (Å²) in [5.41, 5.74) is 0. The second-order valence-corrected chi connectivity index (χ2v) is 6.36. The molecule has 1 N–H and O–H groups in total. The maximum Gasteiger partial charge on any atom is 0.231 e. The molecule has 21 heavy (non-hydrogen) atoms. The van der Waals surface area contributed by atoms with Gasteiger partial charge < -0.3 is 10.2 Å². The zero-order valence-electron chi connectivity index (χ0n) is 11.9. The van der Waals surface area contributed by atoms with Crippen LogP contribution in [0.4, 0.5) is 11.9 Å². The molecule has 1 fully saturated rings. The lowest BCUT2D eigenvalue weighted by Gasteiger charge is -2.18. The van der Waals surface area contributed by atoms with Gasteiger partial charge in [-0.3, -0.25) is 0 Å². The van der Waals surface area contributed by atoms with Gasteiger partial charge in [0.15, 0.2) is 0 Å². The maximum absolute atomic E-state index is 6.05. The standard InChI is InChI=1S/C14H18ClN5S/c1-2-10(11-6-5-9-21-11)16-13-17-12(15)18-14(19-13)20-7-3-4-8-20/h5-6,9-10H,2-4,7-8H2,1H3,(H,16,17,18,19). The highest BCUT2D eigenvalue weighted by atomic mass is 35.5. The molecule has 0 aliphatic carbocycles. The molecule has 2 aromatic heterocycles. The molecular weight excluding hydrogens is 306 g/mol. The topological polar surface area (TPSA) is 53.9 Å². The van der Waals surface area contributed by atoms with E-state index in [4.69, 9.17) is 11.6 Å². The number of aromatic nitrogens is 3. The van der Waals surface area contributed by atoms with E-state index < -0.39 is 0 Å². The smallest absolute Gasteiger partial charge is 0.231 e. The lowest BCUT2D eigenvalue weighted by atomic mass is 10.2. The summed E-state index contributed by atoms with van der Waals surface area (Å²) in [6, 6.07) is 4.38. The van der Waals surface area contributed by atoms with Crippen molar-refractivity contribution in [3.63, 3.8) is 0 Å². The molecule has 3 rings (SSSR count). The number of rotatable bonds is 5. The highest BCUT2D eigenvalue weighted by molar-refractivity contribution is 7.10. The molecule has 1 aliphatic rings. The van der Waals surface area contributed by atoms with E-state index in [9.17, 15) is 0 Å². The summed E-state index contributed by atoms with van der Waals surface area (Å²) in [4.78, 5) is 16.4. The molecule has 1 saturated heterocycles. The summed E-state index contributed by atoms with van der Waals surface area (Å²) < 4.78 is 0. The van der Waals surface area contributed by atoms with E-state index in [2.05, 4.69) is 49.6 Å². The molecule has 112 valence electrons. The molecule has 0 spiro atoms. The number of hydrogen-bond acceptors (Lipinski definition) is 6. The third-order valence-electron chi connectivity index (χ3n) is 3.58. The summed E-state index contributed by atoms with van der Waals surface area (Å²) in [6.45, 7) is 4.12. The third-order valence-corrected chi connectivity index (χ3v) is 4.74. The summed E-state index contributed by atoms with van der Waals surface area (Å²) in [5.74, 6) is 1.23. The first-order chi connectivity index (χ1) is 10.3. The highest BCUT2D eigenvalue weighted by Crippen LogP contribution is 2.26. The highest BCUT2D eigenvalue weighted by Gasteiger charge is 2.18. The fourth-order valence-corrected chi connectivity index (χ4v) is 3.50. The van der Waals surface area contributed by atoms with Crippen LogP contribution in [0.1, 0.15) is 37.1 Å². The van der Waals surface area contributed by atoms with Crippen molar-refractivity contribution < 1.29 is 0 Å². The lowest BCUT2D eigenvalue weighted by Crippen LogP contribution is -2.22. The van der Waals surface area contributed by atoms with Crippen LogP contribution in [0.25, 0.3) is 0 Å². The fourth-order valence-electron chi connectivity index (χ4n) is 2.48. The van der Waals surface area contributed by atoms with Crippen molar-refractivity contribution in [3.8, 4) is 0 Å². The molecule has 1 unspecified atom stereocenters. The minimum absolute atomic E-state index is 0.204. The van der Waals surface area contributed by atoms with Gasteiger partial charge in [-0.2, -0.15) is 15.0 Å². The second kappa shape index (κ2) is 6.58. The summed E-state index contributed by atoms with van der Waals surface area (Å²) in [6.07, 6.45) is 3.32. The number of hydrogen-bond donors (Lipinski definition) is 1. The summed E-state index contributed by atoms with van der Waals surface area (Å²) in [7, 11) is 0. The number of anilines is 2. The minimum atomic E-state index is 0.204. The SMILES string of the molecule is CCC(Nc1nc(Cl)nc(N2CCCC2)n1)c1cccs1. The molecule has 5 nitrogen and oxygen atoms in total. The van der Waals surface area contributed by atoms with Gasteiger partial charge >= 0.3 is 0 Å². The zero-order chi connectivity index (χ0) is 14.7. The Morgan fingerprint density at radius 1 is 1.33 bits per heavy atom. The number of nitrogens with one attached hydrogen (secondary N) is 1. The van der Waals surface area contributed by atoms with E-state index in [1.165, 1.54) is 17.7 Å². The third kappa shape index (κ3) is 3.44. The van der Waals surface area contributed by atoms with E-state index in [0.717, 1.165) is 19.5 Å². The predicted molar refractivity (Wildman–Crippen MR) is 87.3 cm³/mol. The van der Waals surface area contributed by atoms with Crippen molar-refractivity contribution >= 4 is 34.8 Å². The molecule has 3 heterocycles. The largest absolute Gasteiger partial charge is 0.346 e. The van der Waals surface area contributed by atoms with Gasteiger partial charge in [-0.05, 0) is 42.3 Å². The molecular formula is C14H18ClN5S. The molecule has 1 aliphatic heterocycles. The molecule has 0 saturated carbocycles. The van der Waals surface area contributed by atoms with Gasteiger partial charge in [0, 0.05) is 18.0 Å². The molecule has 0 radical (unpaired) electrons. The number of nitrogens with zero attached hydrogens (tertiary/aromatic N) is 4. The van der Waals surface area contributed by atoms with E-state index >= 15 is 0 Å². The van der Waals surface area contributed by atoms with E-state index in [1.807, 2.05) is 0 Å². The Morgan fingerprint density at radius 2 is 2.14 bits per heavy atom. The van der Waals surface area contributed by atoms with Crippen molar-refractivity contribution in [2.24, 2.45) is 0 Å². The van der Waals surface area contributed by atoms with Crippen LogP contribution in [-0.2, 0) is 0 Å². The Labute approximate surface area is 133 Å². The van der Waals surface area contributed by atoms with Crippen molar-refractivity contribution in [2.45, 2.75) is 32.2 Å².